The van der Waals surface area contributed by atoms with Gasteiger partial charge in [-0.15, -0.1) is 0 Å². The second-order valence-electron chi connectivity index (χ2n) is 4.31. The molecule has 1 heterocycles. The molecule has 0 radical (unpaired) electrons. The minimum absolute atomic E-state index is 0.727. The highest BCUT2D eigenvalue weighted by Crippen LogP contribution is 2.27. The number of hydrogen-bond acceptors (Lipinski definition) is 1. The zero-order chi connectivity index (χ0) is 12.5. The van der Waals surface area contributed by atoms with Gasteiger partial charge < -0.3 is 9.88 Å². The number of nitrogens with one attached hydrogen (secondary N) is 1. The number of hydrogen-bond donors (Lipinski definition) is 1. The maximum Gasteiger partial charge on any atom is 0.0640 e. The number of nitrogens with zero attached hydrogens (tertiary/aromatic N) is 1. The van der Waals surface area contributed by atoms with Crippen molar-refractivity contribution in [1.29, 1.82) is 0 Å². The highest BCUT2D eigenvalue weighted by Gasteiger charge is 2.02. The maximum absolute atomic E-state index is 6.13. The van der Waals surface area contributed by atoms with Gasteiger partial charge in [-0.05, 0) is 36.4 Å². The number of aromatic nitrogens is 1. The third kappa shape index (κ3) is 1.95. The molecule has 90 valence electrons. The molecule has 1 N–H and O–H groups in total. The Morgan fingerprint density at radius 1 is 1.06 bits per heavy atom. The van der Waals surface area contributed by atoms with Crippen molar-refractivity contribution in [3.05, 3.63) is 59.8 Å². The Balaban J connectivity index is 1.98. The Morgan fingerprint density at radius 3 is 2.72 bits per heavy atom. The fourth-order valence-electron chi connectivity index (χ4n) is 2.08. The van der Waals surface area contributed by atoms with Crippen LogP contribution in [0.15, 0.2) is 54.7 Å². The average molecular weight is 257 g/mol. The molecule has 0 saturated carbocycles. The van der Waals surface area contributed by atoms with Crippen molar-refractivity contribution in [2.24, 2.45) is 7.05 Å². The van der Waals surface area contributed by atoms with Crippen molar-refractivity contribution >= 4 is 33.9 Å². The van der Waals surface area contributed by atoms with Crippen LogP contribution in [0.4, 0.5) is 11.4 Å². The van der Waals surface area contributed by atoms with Crippen molar-refractivity contribution < 1.29 is 0 Å². The minimum Gasteiger partial charge on any atom is -0.354 e. The summed E-state index contributed by atoms with van der Waals surface area (Å²) in [5, 5.41) is 5.28. The van der Waals surface area contributed by atoms with E-state index in [0.29, 0.717) is 0 Å². The van der Waals surface area contributed by atoms with E-state index in [-0.39, 0.29) is 0 Å². The molecule has 0 aliphatic rings. The molecular weight excluding hydrogens is 244 g/mol. The first-order chi connectivity index (χ1) is 8.74. The highest BCUT2D eigenvalue weighted by atomic mass is 35.5. The molecule has 18 heavy (non-hydrogen) atoms. The van der Waals surface area contributed by atoms with Gasteiger partial charge in [-0.25, -0.2) is 0 Å². The minimum atomic E-state index is 0.727. The van der Waals surface area contributed by atoms with Gasteiger partial charge in [0.1, 0.15) is 0 Å². The standard InChI is InChI=1S/C15H13ClN2/c1-18-9-8-11-10-12(6-7-15(11)18)17-14-5-3-2-4-13(14)16/h2-10,17H,1H3. The Kier molecular flexibility index (Phi) is 2.73. The van der Waals surface area contributed by atoms with Gasteiger partial charge in [-0.1, -0.05) is 23.7 Å². The number of aryl methyl sites for hydroxylation is 1. The van der Waals surface area contributed by atoms with Gasteiger partial charge in [-0.3, -0.25) is 0 Å². The van der Waals surface area contributed by atoms with E-state index in [1.54, 1.807) is 0 Å². The smallest absolute Gasteiger partial charge is 0.0640 e. The summed E-state index contributed by atoms with van der Waals surface area (Å²) in [7, 11) is 2.05. The van der Waals surface area contributed by atoms with Gasteiger partial charge in [0, 0.05) is 29.8 Å². The van der Waals surface area contributed by atoms with Crippen LogP contribution in [0, 0.1) is 0 Å². The van der Waals surface area contributed by atoms with Crippen LogP contribution in [0.1, 0.15) is 0 Å². The summed E-state index contributed by atoms with van der Waals surface area (Å²) in [5.41, 5.74) is 3.19. The lowest BCUT2D eigenvalue weighted by molar-refractivity contribution is 0.969. The summed E-state index contributed by atoms with van der Waals surface area (Å²) in [4.78, 5) is 0. The van der Waals surface area contributed by atoms with Gasteiger partial charge in [0.15, 0.2) is 0 Å². The molecule has 3 aromatic rings. The van der Waals surface area contributed by atoms with Gasteiger partial charge >= 0.3 is 0 Å². The molecule has 0 amide bonds. The molecule has 0 aliphatic carbocycles. The Bertz CT molecular complexity index is 701. The molecule has 0 bridgehead atoms. The van der Waals surface area contributed by atoms with Crippen LogP contribution in [0.2, 0.25) is 5.02 Å². The van der Waals surface area contributed by atoms with Crippen LogP contribution in [-0.2, 0) is 7.05 Å². The van der Waals surface area contributed by atoms with Gasteiger partial charge in [0.25, 0.3) is 0 Å². The highest BCUT2D eigenvalue weighted by molar-refractivity contribution is 6.33. The number of rotatable bonds is 2. The predicted molar refractivity (Wildman–Crippen MR) is 77.7 cm³/mol. The van der Waals surface area contributed by atoms with Gasteiger partial charge in [0.05, 0.1) is 10.7 Å². The van der Waals surface area contributed by atoms with Crippen LogP contribution < -0.4 is 5.32 Å². The lowest BCUT2D eigenvalue weighted by Crippen LogP contribution is -1.91. The number of anilines is 2. The number of halogens is 1. The van der Waals surface area contributed by atoms with E-state index >= 15 is 0 Å². The Labute approximate surface area is 111 Å². The van der Waals surface area contributed by atoms with Gasteiger partial charge in [-0.2, -0.15) is 0 Å². The van der Waals surface area contributed by atoms with Crippen molar-refractivity contribution in [3.8, 4) is 0 Å². The predicted octanol–water partition coefficient (Wildman–Crippen LogP) is 4.58. The molecule has 0 fully saturated rings. The second-order valence-corrected chi connectivity index (χ2v) is 4.71. The molecule has 3 heteroatoms. The average Bonchev–Trinajstić information content (AvgIpc) is 2.74. The van der Waals surface area contributed by atoms with E-state index < -0.39 is 0 Å². The number of para-hydroxylation sites is 1. The molecule has 0 spiro atoms. The Morgan fingerprint density at radius 2 is 1.89 bits per heavy atom. The summed E-state index contributed by atoms with van der Waals surface area (Å²) in [6.07, 6.45) is 2.06. The summed E-state index contributed by atoms with van der Waals surface area (Å²) in [6, 6.07) is 16.1. The fourth-order valence-corrected chi connectivity index (χ4v) is 2.26. The van der Waals surface area contributed by atoms with Crippen molar-refractivity contribution in [2.45, 2.75) is 0 Å². The molecule has 3 rings (SSSR count). The Hall–Kier alpha value is -1.93. The monoisotopic (exact) mass is 256 g/mol. The molecule has 0 saturated heterocycles. The second kappa shape index (κ2) is 4.39. The molecule has 0 aliphatic heterocycles. The first-order valence-corrected chi connectivity index (χ1v) is 6.18. The molecular formula is C15H13ClN2. The SMILES string of the molecule is Cn1ccc2cc(Nc3ccccc3Cl)ccc21. The summed E-state index contributed by atoms with van der Waals surface area (Å²) in [6.45, 7) is 0. The van der Waals surface area contributed by atoms with Crippen LogP contribution in [0.3, 0.4) is 0 Å². The fraction of sp³-hybridized carbons (Fsp3) is 0.0667. The molecule has 0 atom stereocenters. The lowest BCUT2D eigenvalue weighted by atomic mass is 10.2. The molecule has 1 aromatic heterocycles. The largest absolute Gasteiger partial charge is 0.354 e. The van der Waals surface area contributed by atoms with E-state index in [4.69, 9.17) is 11.6 Å². The van der Waals surface area contributed by atoms with Crippen molar-refractivity contribution in [3.63, 3.8) is 0 Å². The summed E-state index contributed by atoms with van der Waals surface area (Å²) in [5.74, 6) is 0. The third-order valence-electron chi connectivity index (χ3n) is 3.04. The summed E-state index contributed by atoms with van der Waals surface area (Å²) < 4.78 is 2.11. The third-order valence-corrected chi connectivity index (χ3v) is 3.37. The topological polar surface area (TPSA) is 17.0 Å². The van der Waals surface area contributed by atoms with E-state index in [1.807, 2.05) is 31.3 Å². The van der Waals surface area contributed by atoms with E-state index in [1.165, 1.54) is 10.9 Å². The van der Waals surface area contributed by atoms with E-state index in [9.17, 15) is 0 Å². The first-order valence-electron chi connectivity index (χ1n) is 5.81. The van der Waals surface area contributed by atoms with Gasteiger partial charge in [0.2, 0.25) is 0 Å². The molecule has 2 nitrogen and oxygen atoms in total. The summed E-state index contributed by atoms with van der Waals surface area (Å²) >= 11 is 6.13. The zero-order valence-corrected chi connectivity index (χ0v) is 10.8. The normalized spacial score (nSPS) is 10.8. The quantitative estimate of drug-likeness (QED) is 0.710. The van der Waals surface area contributed by atoms with Crippen molar-refractivity contribution in [2.75, 3.05) is 5.32 Å². The number of fused-ring (bicyclic) bond motifs is 1. The zero-order valence-electron chi connectivity index (χ0n) is 10.0. The van der Waals surface area contributed by atoms with Crippen LogP contribution in [-0.4, -0.2) is 4.57 Å². The van der Waals surface area contributed by atoms with Crippen LogP contribution in [0.25, 0.3) is 10.9 Å². The van der Waals surface area contributed by atoms with Crippen molar-refractivity contribution in [1.82, 2.24) is 4.57 Å². The van der Waals surface area contributed by atoms with Crippen LogP contribution >= 0.6 is 11.6 Å². The maximum atomic E-state index is 6.13. The molecule has 0 unspecified atom stereocenters. The van der Waals surface area contributed by atoms with E-state index in [2.05, 4.69) is 40.3 Å². The number of benzene rings is 2. The first kappa shape index (κ1) is 11.2. The lowest BCUT2D eigenvalue weighted by Gasteiger charge is -2.08. The van der Waals surface area contributed by atoms with Crippen LogP contribution in [0.5, 0.6) is 0 Å². The molecule has 2 aromatic carbocycles. The van der Waals surface area contributed by atoms with E-state index in [0.717, 1.165) is 16.4 Å².